The third kappa shape index (κ3) is 4.39. The van der Waals surface area contributed by atoms with E-state index in [4.69, 9.17) is 0 Å². The first-order valence-electron chi connectivity index (χ1n) is 9.60. The average molecular weight is 385 g/mol. The van der Waals surface area contributed by atoms with Crippen molar-refractivity contribution < 1.29 is 9.72 Å². The summed E-state index contributed by atoms with van der Waals surface area (Å²) in [4.78, 5) is 27.5. The Labute approximate surface area is 164 Å². The zero-order valence-corrected chi connectivity index (χ0v) is 16.7. The van der Waals surface area contributed by atoms with Gasteiger partial charge >= 0.3 is 5.69 Å². The van der Waals surface area contributed by atoms with E-state index in [0.29, 0.717) is 37.4 Å². The van der Waals surface area contributed by atoms with E-state index >= 15 is 0 Å². The zero-order valence-electron chi connectivity index (χ0n) is 16.7. The van der Waals surface area contributed by atoms with Gasteiger partial charge in [0.2, 0.25) is 5.91 Å². The van der Waals surface area contributed by atoms with Gasteiger partial charge < -0.3 is 4.90 Å². The van der Waals surface area contributed by atoms with Gasteiger partial charge in [-0.05, 0) is 31.9 Å². The van der Waals surface area contributed by atoms with E-state index in [9.17, 15) is 14.9 Å². The second-order valence-electron chi connectivity index (χ2n) is 7.33. The SMILES string of the molecule is Cc1ccccc1CN1CCN(C(=O)CCn2nc(C)c([N+](=O)[O-])c2C)CC1. The van der Waals surface area contributed by atoms with Gasteiger partial charge in [0.15, 0.2) is 0 Å². The number of rotatable bonds is 6. The van der Waals surface area contributed by atoms with Crippen LogP contribution in [0.5, 0.6) is 0 Å². The summed E-state index contributed by atoms with van der Waals surface area (Å²) < 4.78 is 1.57. The summed E-state index contributed by atoms with van der Waals surface area (Å²) in [6.45, 7) is 9.82. The van der Waals surface area contributed by atoms with Crippen molar-refractivity contribution >= 4 is 11.6 Å². The van der Waals surface area contributed by atoms with Crippen LogP contribution < -0.4 is 0 Å². The molecule has 1 aliphatic rings. The highest BCUT2D eigenvalue weighted by Crippen LogP contribution is 2.22. The molecule has 0 atom stereocenters. The molecule has 0 aliphatic carbocycles. The number of nitrogens with zero attached hydrogens (tertiary/aromatic N) is 5. The lowest BCUT2D eigenvalue weighted by Gasteiger charge is -2.35. The van der Waals surface area contributed by atoms with Crippen LogP contribution in [0.25, 0.3) is 0 Å². The third-order valence-electron chi connectivity index (χ3n) is 5.44. The minimum atomic E-state index is -0.413. The molecule has 1 aromatic carbocycles. The molecule has 8 heteroatoms. The Bertz CT molecular complexity index is 869. The molecule has 0 N–H and O–H groups in total. The van der Waals surface area contributed by atoms with Crippen molar-refractivity contribution in [3.05, 3.63) is 56.9 Å². The van der Waals surface area contributed by atoms with Crippen molar-refractivity contribution in [2.45, 2.75) is 40.3 Å². The van der Waals surface area contributed by atoms with Crippen molar-refractivity contribution in [1.29, 1.82) is 0 Å². The molecular weight excluding hydrogens is 358 g/mol. The highest BCUT2D eigenvalue weighted by Gasteiger charge is 2.24. The molecule has 1 amide bonds. The van der Waals surface area contributed by atoms with Crippen LogP contribution in [0.4, 0.5) is 5.69 Å². The van der Waals surface area contributed by atoms with E-state index in [1.807, 2.05) is 11.0 Å². The van der Waals surface area contributed by atoms with Gasteiger partial charge in [-0.2, -0.15) is 5.10 Å². The number of nitro groups is 1. The number of amides is 1. The van der Waals surface area contributed by atoms with Gasteiger partial charge in [-0.1, -0.05) is 24.3 Å². The fourth-order valence-corrected chi connectivity index (χ4v) is 3.71. The van der Waals surface area contributed by atoms with Crippen LogP contribution in [0.2, 0.25) is 0 Å². The summed E-state index contributed by atoms with van der Waals surface area (Å²) in [5, 5.41) is 15.3. The molecule has 0 spiro atoms. The highest BCUT2D eigenvalue weighted by atomic mass is 16.6. The van der Waals surface area contributed by atoms with Crippen molar-refractivity contribution in [2.24, 2.45) is 0 Å². The molecule has 150 valence electrons. The Hall–Kier alpha value is -2.74. The van der Waals surface area contributed by atoms with E-state index in [-0.39, 0.29) is 11.6 Å². The first kappa shape index (κ1) is 20.0. The Morgan fingerprint density at radius 3 is 2.43 bits per heavy atom. The van der Waals surface area contributed by atoms with E-state index in [0.717, 1.165) is 19.6 Å². The summed E-state index contributed by atoms with van der Waals surface area (Å²) in [5.74, 6) is 0.0748. The topological polar surface area (TPSA) is 84.5 Å². The fraction of sp³-hybridized carbons (Fsp3) is 0.500. The largest absolute Gasteiger partial charge is 0.340 e. The van der Waals surface area contributed by atoms with Crippen LogP contribution in [-0.4, -0.2) is 56.6 Å². The number of aromatic nitrogens is 2. The summed E-state index contributed by atoms with van der Waals surface area (Å²) in [7, 11) is 0. The molecule has 0 saturated carbocycles. The lowest BCUT2D eigenvalue weighted by molar-refractivity contribution is -0.386. The average Bonchev–Trinajstić information content (AvgIpc) is 2.95. The summed E-state index contributed by atoms with van der Waals surface area (Å²) in [6.07, 6.45) is 0.302. The van der Waals surface area contributed by atoms with E-state index < -0.39 is 4.92 Å². The summed E-state index contributed by atoms with van der Waals surface area (Å²) in [5.41, 5.74) is 3.55. The van der Waals surface area contributed by atoms with Crippen LogP contribution in [0.3, 0.4) is 0 Å². The number of hydrogen-bond acceptors (Lipinski definition) is 5. The van der Waals surface area contributed by atoms with Gasteiger partial charge in [-0.15, -0.1) is 0 Å². The lowest BCUT2D eigenvalue weighted by Crippen LogP contribution is -2.48. The standard InChI is InChI=1S/C20H27N5O3/c1-15-6-4-5-7-18(15)14-22-10-12-23(13-11-22)19(26)8-9-24-17(3)20(25(27)28)16(2)21-24/h4-7H,8-14H2,1-3H3. The van der Waals surface area contributed by atoms with Gasteiger partial charge in [0.25, 0.3) is 0 Å². The first-order chi connectivity index (χ1) is 13.4. The quantitative estimate of drug-likeness (QED) is 0.563. The van der Waals surface area contributed by atoms with Gasteiger partial charge in [0.1, 0.15) is 11.4 Å². The number of benzene rings is 1. The Morgan fingerprint density at radius 1 is 1.14 bits per heavy atom. The Morgan fingerprint density at radius 2 is 1.82 bits per heavy atom. The molecule has 0 radical (unpaired) electrons. The van der Waals surface area contributed by atoms with Crippen LogP contribution in [0.15, 0.2) is 24.3 Å². The summed E-state index contributed by atoms with van der Waals surface area (Å²) >= 11 is 0. The fourth-order valence-electron chi connectivity index (χ4n) is 3.71. The minimum Gasteiger partial charge on any atom is -0.340 e. The number of piperazine rings is 1. The van der Waals surface area contributed by atoms with E-state index in [2.05, 4.69) is 35.1 Å². The molecule has 8 nitrogen and oxygen atoms in total. The van der Waals surface area contributed by atoms with Crippen LogP contribution in [0, 0.1) is 30.9 Å². The normalized spacial score (nSPS) is 15.0. The molecule has 2 aromatic rings. The van der Waals surface area contributed by atoms with Crippen molar-refractivity contribution in [3.63, 3.8) is 0 Å². The Kier molecular flexibility index (Phi) is 6.08. The maximum absolute atomic E-state index is 12.6. The van der Waals surface area contributed by atoms with Gasteiger partial charge in [-0.25, -0.2) is 0 Å². The molecule has 28 heavy (non-hydrogen) atoms. The monoisotopic (exact) mass is 385 g/mol. The first-order valence-corrected chi connectivity index (χ1v) is 9.60. The number of hydrogen-bond donors (Lipinski definition) is 0. The van der Waals surface area contributed by atoms with Crippen LogP contribution in [0.1, 0.15) is 28.9 Å². The van der Waals surface area contributed by atoms with Gasteiger partial charge in [-0.3, -0.25) is 24.5 Å². The molecule has 1 aliphatic heterocycles. The number of carbonyl (C=O) groups is 1. The maximum atomic E-state index is 12.6. The molecule has 0 bridgehead atoms. The lowest BCUT2D eigenvalue weighted by atomic mass is 10.1. The molecule has 1 fully saturated rings. The molecular formula is C20H27N5O3. The summed E-state index contributed by atoms with van der Waals surface area (Å²) in [6, 6.07) is 8.39. The zero-order chi connectivity index (χ0) is 20.3. The molecule has 1 saturated heterocycles. The second kappa shape index (κ2) is 8.52. The van der Waals surface area contributed by atoms with Crippen LogP contribution in [-0.2, 0) is 17.9 Å². The minimum absolute atomic E-state index is 0.0391. The van der Waals surface area contributed by atoms with Crippen LogP contribution >= 0.6 is 0 Å². The van der Waals surface area contributed by atoms with Crippen molar-refractivity contribution in [3.8, 4) is 0 Å². The van der Waals surface area contributed by atoms with E-state index in [1.165, 1.54) is 11.1 Å². The molecule has 0 unspecified atom stereocenters. The predicted octanol–water partition coefficient (Wildman–Crippen LogP) is 2.45. The molecule has 1 aromatic heterocycles. The maximum Gasteiger partial charge on any atom is 0.312 e. The Balaban J connectivity index is 1.50. The highest BCUT2D eigenvalue weighted by molar-refractivity contribution is 5.76. The molecule has 3 rings (SSSR count). The second-order valence-corrected chi connectivity index (χ2v) is 7.33. The van der Waals surface area contributed by atoms with Gasteiger partial charge in [0, 0.05) is 39.1 Å². The predicted molar refractivity (Wildman–Crippen MR) is 106 cm³/mol. The van der Waals surface area contributed by atoms with Gasteiger partial charge in [0.05, 0.1) is 11.5 Å². The number of aryl methyl sites for hydroxylation is 3. The van der Waals surface area contributed by atoms with Crippen molar-refractivity contribution in [1.82, 2.24) is 19.6 Å². The smallest absolute Gasteiger partial charge is 0.312 e. The van der Waals surface area contributed by atoms with E-state index in [1.54, 1.807) is 18.5 Å². The number of carbonyl (C=O) groups excluding carboxylic acids is 1. The molecule has 2 heterocycles. The third-order valence-corrected chi connectivity index (χ3v) is 5.44. The van der Waals surface area contributed by atoms with Crippen molar-refractivity contribution in [2.75, 3.05) is 26.2 Å².